The Balaban J connectivity index is 2.42. The number of aromatic nitrogens is 2. The van der Waals surface area contributed by atoms with Crippen LogP contribution in [0, 0.1) is 0 Å². The van der Waals surface area contributed by atoms with E-state index in [1.165, 1.54) is 4.90 Å². The van der Waals surface area contributed by atoms with Crippen molar-refractivity contribution in [2.75, 3.05) is 13.6 Å². The number of rotatable bonds is 4. The van der Waals surface area contributed by atoms with Gasteiger partial charge in [0.05, 0.1) is 10.9 Å². The Morgan fingerprint density at radius 1 is 1.38 bits per heavy atom. The summed E-state index contributed by atoms with van der Waals surface area (Å²) in [6.07, 6.45) is 0. The lowest BCUT2D eigenvalue weighted by molar-refractivity contribution is -0.132. The Hall–Kier alpha value is -2.41. The van der Waals surface area contributed by atoms with E-state index in [2.05, 4.69) is 4.98 Å². The number of nitrogens with one attached hydrogen (secondary N) is 1. The van der Waals surface area contributed by atoms with Crippen molar-refractivity contribution >= 4 is 16.8 Å². The van der Waals surface area contributed by atoms with E-state index >= 15 is 0 Å². The molecular formula is C14H18N4O3. The molecule has 0 aliphatic carbocycles. The third kappa shape index (κ3) is 2.87. The lowest BCUT2D eigenvalue weighted by Crippen LogP contribution is -2.45. The lowest BCUT2D eigenvalue weighted by Gasteiger charge is -2.23. The van der Waals surface area contributed by atoms with Gasteiger partial charge in [0.2, 0.25) is 5.91 Å². The van der Waals surface area contributed by atoms with Crippen LogP contribution in [0.25, 0.3) is 10.9 Å². The monoisotopic (exact) mass is 290 g/mol. The molecule has 0 aliphatic heterocycles. The van der Waals surface area contributed by atoms with Crippen molar-refractivity contribution in [2.45, 2.75) is 19.5 Å². The smallest absolute Gasteiger partial charge is 0.329 e. The molecule has 0 radical (unpaired) electrons. The average molecular weight is 290 g/mol. The number of likely N-dealkylation sites (N-methyl/N-ethyl adjacent to an activating group) is 1. The van der Waals surface area contributed by atoms with Gasteiger partial charge in [-0.2, -0.15) is 0 Å². The van der Waals surface area contributed by atoms with Gasteiger partial charge in [0, 0.05) is 19.6 Å². The number of fused-ring (bicyclic) bond motifs is 1. The van der Waals surface area contributed by atoms with Crippen LogP contribution < -0.4 is 17.0 Å². The minimum Gasteiger partial charge on any atom is -0.340 e. The summed E-state index contributed by atoms with van der Waals surface area (Å²) in [5.74, 6) is -0.337. The van der Waals surface area contributed by atoms with Crippen LogP contribution in [0.5, 0.6) is 0 Å². The lowest BCUT2D eigenvalue weighted by atomic mass is 10.2. The van der Waals surface area contributed by atoms with Gasteiger partial charge in [-0.3, -0.25) is 14.2 Å². The van der Waals surface area contributed by atoms with Gasteiger partial charge < -0.3 is 15.6 Å². The van der Waals surface area contributed by atoms with Crippen molar-refractivity contribution in [3.8, 4) is 0 Å². The molecule has 1 heterocycles. The third-order valence-corrected chi connectivity index (χ3v) is 3.58. The van der Waals surface area contributed by atoms with E-state index in [1.807, 2.05) is 0 Å². The summed E-state index contributed by atoms with van der Waals surface area (Å²) in [4.78, 5) is 40.4. The molecule has 0 aliphatic rings. The minimum absolute atomic E-state index is 0.159. The van der Waals surface area contributed by atoms with Gasteiger partial charge in [-0.15, -0.1) is 0 Å². The van der Waals surface area contributed by atoms with Crippen molar-refractivity contribution in [1.82, 2.24) is 14.5 Å². The molecule has 0 saturated carbocycles. The van der Waals surface area contributed by atoms with E-state index in [0.717, 1.165) is 4.57 Å². The molecule has 21 heavy (non-hydrogen) atoms. The number of carbonyl (C=O) groups is 1. The number of carbonyl (C=O) groups excluding carboxylic acids is 1. The van der Waals surface area contributed by atoms with Gasteiger partial charge in [-0.25, -0.2) is 4.79 Å². The van der Waals surface area contributed by atoms with Crippen LogP contribution in [0.15, 0.2) is 33.9 Å². The number of aromatic amines is 1. The van der Waals surface area contributed by atoms with Crippen LogP contribution in [0.2, 0.25) is 0 Å². The van der Waals surface area contributed by atoms with Crippen molar-refractivity contribution in [3.63, 3.8) is 0 Å². The zero-order valence-electron chi connectivity index (χ0n) is 12.0. The molecular weight excluding hydrogens is 272 g/mol. The number of H-pyrrole nitrogens is 1. The predicted molar refractivity (Wildman–Crippen MR) is 80.1 cm³/mol. The van der Waals surface area contributed by atoms with Gasteiger partial charge in [0.15, 0.2) is 0 Å². The molecule has 0 fully saturated rings. The van der Waals surface area contributed by atoms with E-state index in [1.54, 1.807) is 38.2 Å². The summed E-state index contributed by atoms with van der Waals surface area (Å²) in [5.41, 5.74) is 4.89. The number of nitrogens with two attached hydrogens (primary N) is 1. The standard InChI is InChI=1S/C14H18N4O3/c1-9(7-15)17(2)12(19)8-18-13(20)10-5-3-4-6-11(10)16-14(18)21/h3-6,9H,7-8,15H2,1-2H3,(H,16,21). The average Bonchev–Trinajstić information content (AvgIpc) is 2.49. The van der Waals surface area contributed by atoms with Crippen LogP contribution >= 0.6 is 0 Å². The molecule has 0 spiro atoms. The highest BCUT2D eigenvalue weighted by Crippen LogP contribution is 2.03. The van der Waals surface area contributed by atoms with Gasteiger partial charge in [-0.1, -0.05) is 12.1 Å². The SMILES string of the molecule is CC(CN)N(C)C(=O)Cn1c(=O)[nH]c2ccccc2c1=O. The summed E-state index contributed by atoms with van der Waals surface area (Å²) < 4.78 is 0.907. The second-order valence-electron chi connectivity index (χ2n) is 4.96. The second-order valence-corrected chi connectivity index (χ2v) is 4.96. The van der Waals surface area contributed by atoms with Crippen LogP contribution in [0.3, 0.4) is 0 Å². The van der Waals surface area contributed by atoms with E-state index in [4.69, 9.17) is 5.73 Å². The Labute approximate surface area is 121 Å². The number of hydrogen-bond donors (Lipinski definition) is 2. The van der Waals surface area contributed by atoms with Gasteiger partial charge in [0.1, 0.15) is 6.54 Å². The highest BCUT2D eigenvalue weighted by molar-refractivity contribution is 5.79. The van der Waals surface area contributed by atoms with Crippen molar-refractivity contribution in [3.05, 3.63) is 45.1 Å². The van der Waals surface area contributed by atoms with Gasteiger partial charge >= 0.3 is 5.69 Å². The van der Waals surface area contributed by atoms with Crippen molar-refractivity contribution in [2.24, 2.45) is 5.73 Å². The molecule has 112 valence electrons. The highest BCUT2D eigenvalue weighted by Gasteiger charge is 2.17. The fourth-order valence-electron chi connectivity index (χ4n) is 1.99. The normalized spacial score (nSPS) is 12.3. The van der Waals surface area contributed by atoms with Gasteiger partial charge in [-0.05, 0) is 19.1 Å². The Kier molecular flexibility index (Phi) is 4.23. The molecule has 7 nitrogen and oxygen atoms in total. The molecule has 1 atom stereocenters. The number of hydrogen-bond acceptors (Lipinski definition) is 4. The summed E-state index contributed by atoms with van der Waals surface area (Å²) in [5, 5.41) is 0.374. The van der Waals surface area contributed by atoms with E-state index in [-0.39, 0.29) is 18.5 Å². The first-order valence-electron chi connectivity index (χ1n) is 6.63. The molecule has 7 heteroatoms. The fraction of sp³-hybridized carbons (Fsp3) is 0.357. The Morgan fingerprint density at radius 3 is 2.71 bits per heavy atom. The van der Waals surface area contributed by atoms with Crippen molar-refractivity contribution < 1.29 is 4.79 Å². The maximum Gasteiger partial charge on any atom is 0.329 e. The van der Waals surface area contributed by atoms with Crippen LogP contribution in [0.4, 0.5) is 0 Å². The zero-order chi connectivity index (χ0) is 15.6. The van der Waals surface area contributed by atoms with E-state index in [0.29, 0.717) is 17.4 Å². The number of benzene rings is 1. The molecule has 0 saturated heterocycles. The van der Waals surface area contributed by atoms with Crippen LogP contribution in [0.1, 0.15) is 6.92 Å². The first-order valence-corrected chi connectivity index (χ1v) is 6.63. The molecule has 1 amide bonds. The first kappa shape index (κ1) is 15.0. The summed E-state index contributed by atoms with van der Waals surface area (Å²) in [7, 11) is 1.60. The maximum absolute atomic E-state index is 12.3. The molecule has 1 unspecified atom stereocenters. The van der Waals surface area contributed by atoms with Crippen LogP contribution in [-0.4, -0.2) is 40.0 Å². The largest absolute Gasteiger partial charge is 0.340 e. The molecule has 1 aromatic carbocycles. The molecule has 0 bridgehead atoms. The summed E-state index contributed by atoms with van der Waals surface area (Å²) >= 11 is 0. The molecule has 3 N–H and O–H groups in total. The minimum atomic E-state index is -0.596. The Bertz CT molecular complexity index is 778. The molecule has 2 rings (SSSR count). The second kappa shape index (κ2) is 5.92. The number of para-hydroxylation sites is 1. The quantitative estimate of drug-likeness (QED) is 0.792. The van der Waals surface area contributed by atoms with E-state index < -0.39 is 11.2 Å². The topological polar surface area (TPSA) is 101 Å². The summed E-state index contributed by atoms with van der Waals surface area (Å²) in [6, 6.07) is 6.53. The maximum atomic E-state index is 12.3. The van der Waals surface area contributed by atoms with Crippen LogP contribution in [-0.2, 0) is 11.3 Å². The molecule has 1 aromatic heterocycles. The number of nitrogens with zero attached hydrogens (tertiary/aromatic N) is 2. The highest BCUT2D eigenvalue weighted by atomic mass is 16.2. The zero-order valence-corrected chi connectivity index (χ0v) is 12.0. The number of amides is 1. The fourth-order valence-corrected chi connectivity index (χ4v) is 1.99. The van der Waals surface area contributed by atoms with Gasteiger partial charge in [0.25, 0.3) is 5.56 Å². The molecule has 2 aromatic rings. The third-order valence-electron chi connectivity index (χ3n) is 3.58. The van der Waals surface area contributed by atoms with Crippen molar-refractivity contribution in [1.29, 1.82) is 0 Å². The Morgan fingerprint density at radius 2 is 2.05 bits per heavy atom. The predicted octanol–water partition coefficient (Wildman–Crippen LogP) is -0.505. The first-order chi connectivity index (χ1) is 9.95. The van der Waals surface area contributed by atoms with E-state index in [9.17, 15) is 14.4 Å². The summed E-state index contributed by atoms with van der Waals surface area (Å²) in [6.45, 7) is 1.80.